The number of hydrogen-bond donors (Lipinski definition) is 1. The third-order valence-electron chi connectivity index (χ3n) is 5.03. The highest BCUT2D eigenvalue weighted by Crippen LogP contribution is 2.50. The van der Waals surface area contributed by atoms with Crippen molar-refractivity contribution < 1.29 is 9.90 Å². The summed E-state index contributed by atoms with van der Waals surface area (Å²) in [6, 6.07) is 5.28. The van der Waals surface area contributed by atoms with Crippen molar-refractivity contribution >= 4 is 17.0 Å². The van der Waals surface area contributed by atoms with Gasteiger partial charge in [-0.2, -0.15) is 0 Å². The van der Waals surface area contributed by atoms with Gasteiger partial charge in [-0.25, -0.2) is 9.78 Å². The normalized spacial score (nSPS) is 18.6. The van der Waals surface area contributed by atoms with E-state index in [4.69, 9.17) is 5.11 Å². The third kappa shape index (κ3) is 2.33. The first-order valence-corrected chi connectivity index (χ1v) is 7.83. The summed E-state index contributed by atoms with van der Waals surface area (Å²) in [7, 11) is 0. The molecule has 0 radical (unpaired) electrons. The Morgan fingerprint density at radius 3 is 2.57 bits per heavy atom. The summed E-state index contributed by atoms with van der Waals surface area (Å²) in [4.78, 5) is 15.6. The van der Waals surface area contributed by atoms with E-state index in [1.807, 2.05) is 13.0 Å². The number of rotatable bonds is 5. The van der Waals surface area contributed by atoms with Crippen molar-refractivity contribution in [1.82, 2.24) is 9.55 Å². The number of aromatic nitrogens is 2. The first-order chi connectivity index (χ1) is 10.1. The maximum atomic E-state index is 11.1. The van der Waals surface area contributed by atoms with Crippen molar-refractivity contribution in [1.29, 1.82) is 0 Å². The number of benzene rings is 1. The average molecular weight is 284 g/mol. The molecule has 2 aliphatic rings. The second-order valence-electron chi connectivity index (χ2n) is 6.62. The number of imidazole rings is 1. The van der Waals surface area contributed by atoms with Gasteiger partial charge < -0.3 is 9.67 Å². The van der Waals surface area contributed by atoms with Crippen molar-refractivity contribution in [3.63, 3.8) is 0 Å². The highest BCUT2D eigenvalue weighted by Gasteiger charge is 2.41. The molecule has 0 atom stereocenters. The summed E-state index contributed by atoms with van der Waals surface area (Å²) < 4.78 is 2.29. The Hall–Kier alpha value is -1.84. The van der Waals surface area contributed by atoms with E-state index in [2.05, 4.69) is 9.55 Å². The van der Waals surface area contributed by atoms with Gasteiger partial charge in [0, 0.05) is 6.54 Å². The monoisotopic (exact) mass is 284 g/mol. The van der Waals surface area contributed by atoms with Gasteiger partial charge in [-0.05, 0) is 68.6 Å². The molecule has 2 fully saturated rings. The van der Waals surface area contributed by atoms with Gasteiger partial charge in [-0.15, -0.1) is 0 Å². The molecule has 2 saturated carbocycles. The van der Waals surface area contributed by atoms with E-state index in [0.717, 1.165) is 41.2 Å². The summed E-state index contributed by atoms with van der Waals surface area (Å²) in [5, 5.41) is 9.09. The molecule has 0 spiro atoms. The maximum absolute atomic E-state index is 11.1. The van der Waals surface area contributed by atoms with Crippen LogP contribution in [0.5, 0.6) is 0 Å². The van der Waals surface area contributed by atoms with Gasteiger partial charge in [0.25, 0.3) is 0 Å². The number of carboxylic acids is 1. The number of fused-ring (bicyclic) bond motifs is 1. The fourth-order valence-electron chi connectivity index (χ4n) is 3.56. The standard InChI is InChI=1S/C17H20N2O2/c1-10-18-15-8-13(17(20)21)6-7-16(15)19(10)9-14(11-2-3-11)12-4-5-12/h6-8,11-12,14H,2-5,9H2,1H3,(H,20,21). The minimum Gasteiger partial charge on any atom is -0.478 e. The number of aryl methyl sites for hydroxylation is 1. The van der Waals surface area contributed by atoms with Crippen molar-refractivity contribution in [3.8, 4) is 0 Å². The predicted octanol–water partition coefficient (Wildman–Crippen LogP) is 3.48. The van der Waals surface area contributed by atoms with Crippen LogP contribution in [0.15, 0.2) is 18.2 Å². The SMILES string of the molecule is Cc1nc2cc(C(=O)O)ccc2n1CC(C1CC1)C1CC1. The molecule has 1 N–H and O–H groups in total. The molecule has 1 aromatic heterocycles. The smallest absolute Gasteiger partial charge is 0.335 e. The Morgan fingerprint density at radius 2 is 2.00 bits per heavy atom. The molecule has 2 aromatic rings. The lowest BCUT2D eigenvalue weighted by molar-refractivity contribution is 0.0697. The van der Waals surface area contributed by atoms with Crippen molar-refractivity contribution in [3.05, 3.63) is 29.6 Å². The summed E-state index contributed by atoms with van der Waals surface area (Å²) in [6.07, 6.45) is 5.54. The van der Waals surface area contributed by atoms with Crippen LogP contribution >= 0.6 is 0 Å². The largest absolute Gasteiger partial charge is 0.478 e. The van der Waals surface area contributed by atoms with E-state index in [0.29, 0.717) is 5.56 Å². The van der Waals surface area contributed by atoms with Gasteiger partial charge in [0.1, 0.15) is 5.82 Å². The number of carbonyl (C=O) groups is 1. The summed E-state index contributed by atoms with van der Waals surface area (Å²) in [5.41, 5.74) is 2.19. The second kappa shape index (κ2) is 4.58. The van der Waals surface area contributed by atoms with Gasteiger partial charge >= 0.3 is 5.97 Å². The number of hydrogen-bond acceptors (Lipinski definition) is 2. The van der Waals surface area contributed by atoms with Crippen molar-refractivity contribution in [2.24, 2.45) is 17.8 Å². The van der Waals surface area contributed by atoms with Crippen LogP contribution in [-0.4, -0.2) is 20.6 Å². The molecule has 21 heavy (non-hydrogen) atoms. The van der Waals surface area contributed by atoms with E-state index in [1.54, 1.807) is 12.1 Å². The molecule has 0 bridgehead atoms. The fraction of sp³-hybridized carbons (Fsp3) is 0.529. The van der Waals surface area contributed by atoms with Crippen LogP contribution in [0, 0.1) is 24.7 Å². The van der Waals surface area contributed by atoms with Crippen LogP contribution in [0.3, 0.4) is 0 Å². The highest BCUT2D eigenvalue weighted by molar-refractivity contribution is 5.92. The molecule has 4 heteroatoms. The third-order valence-corrected chi connectivity index (χ3v) is 5.03. The Labute approximate surface area is 123 Å². The van der Waals surface area contributed by atoms with Gasteiger partial charge in [0.05, 0.1) is 16.6 Å². The Morgan fingerprint density at radius 1 is 1.33 bits per heavy atom. The predicted molar refractivity (Wildman–Crippen MR) is 80.4 cm³/mol. The lowest BCUT2D eigenvalue weighted by Gasteiger charge is -2.18. The first-order valence-electron chi connectivity index (χ1n) is 7.83. The Kier molecular flexibility index (Phi) is 2.81. The molecular weight excluding hydrogens is 264 g/mol. The quantitative estimate of drug-likeness (QED) is 0.914. The van der Waals surface area contributed by atoms with Crippen LogP contribution in [0.25, 0.3) is 11.0 Å². The summed E-state index contributed by atoms with van der Waals surface area (Å²) in [6.45, 7) is 3.07. The van der Waals surface area contributed by atoms with Crippen LogP contribution in [0.2, 0.25) is 0 Å². The van der Waals surface area contributed by atoms with Crippen LogP contribution in [0.4, 0.5) is 0 Å². The number of aromatic carboxylic acids is 1. The molecule has 2 aliphatic carbocycles. The topological polar surface area (TPSA) is 55.1 Å². The minimum atomic E-state index is -0.891. The van der Waals surface area contributed by atoms with Gasteiger partial charge in [0.2, 0.25) is 0 Å². The van der Waals surface area contributed by atoms with E-state index in [-0.39, 0.29) is 0 Å². The molecule has 0 amide bonds. The van der Waals surface area contributed by atoms with Crippen LogP contribution in [-0.2, 0) is 6.54 Å². The lowest BCUT2D eigenvalue weighted by Crippen LogP contribution is -2.16. The Balaban J connectivity index is 1.70. The average Bonchev–Trinajstić information content (AvgIpc) is 3.34. The van der Waals surface area contributed by atoms with Crippen molar-refractivity contribution in [2.45, 2.75) is 39.2 Å². The van der Waals surface area contributed by atoms with E-state index >= 15 is 0 Å². The summed E-state index contributed by atoms with van der Waals surface area (Å²) in [5.74, 6) is 2.72. The van der Waals surface area contributed by atoms with E-state index in [1.165, 1.54) is 25.7 Å². The van der Waals surface area contributed by atoms with Gasteiger partial charge in [-0.1, -0.05) is 0 Å². The zero-order chi connectivity index (χ0) is 14.6. The molecule has 110 valence electrons. The second-order valence-corrected chi connectivity index (χ2v) is 6.62. The minimum absolute atomic E-state index is 0.313. The van der Waals surface area contributed by atoms with Crippen LogP contribution < -0.4 is 0 Å². The van der Waals surface area contributed by atoms with E-state index in [9.17, 15) is 4.79 Å². The molecule has 4 nitrogen and oxygen atoms in total. The van der Waals surface area contributed by atoms with Crippen LogP contribution in [0.1, 0.15) is 41.9 Å². The fourth-order valence-corrected chi connectivity index (χ4v) is 3.56. The molecular formula is C17H20N2O2. The lowest BCUT2D eigenvalue weighted by atomic mass is 9.97. The number of nitrogens with zero attached hydrogens (tertiary/aromatic N) is 2. The summed E-state index contributed by atoms with van der Waals surface area (Å²) >= 11 is 0. The van der Waals surface area contributed by atoms with Gasteiger partial charge in [0.15, 0.2) is 0 Å². The Bertz CT molecular complexity index is 699. The van der Waals surface area contributed by atoms with Crippen molar-refractivity contribution in [2.75, 3.05) is 0 Å². The molecule has 1 heterocycles. The molecule has 0 unspecified atom stereocenters. The number of carboxylic acid groups (broad SMARTS) is 1. The zero-order valence-corrected chi connectivity index (χ0v) is 12.2. The zero-order valence-electron chi connectivity index (χ0n) is 12.2. The maximum Gasteiger partial charge on any atom is 0.335 e. The highest BCUT2D eigenvalue weighted by atomic mass is 16.4. The first kappa shape index (κ1) is 12.9. The molecule has 4 rings (SSSR count). The molecule has 1 aromatic carbocycles. The van der Waals surface area contributed by atoms with Gasteiger partial charge in [-0.3, -0.25) is 0 Å². The molecule has 0 saturated heterocycles. The van der Waals surface area contributed by atoms with E-state index < -0.39 is 5.97 Å². The molecule has 0 aliphatic heterocycles.